The van der Waals surface area contributed by atoms with Crippen molar-refractivity contribution in [2.75, 3.05) is 13.6 Å². The van der Waals surface area contributed by atoms with Crippen LogP contribution in [-0.4, -0.2) is 35.7 Å². The second-order valence-electron chi connectivity index (χ2n) is 5.81. The van der Waals surface area contributed by atoms with E-state index in [0.717, 1.165) is 19.4 Å². The van der Waals surface area contributed by atoms with Crippen molar-refractivity contribution in [2.24, 2.45) is 5.41 Å². The summed E-state index contributed by atoms with van der Waals surface area (Å²) in [5, 5.41) is 10.2. The molecule has 0 saturated carbocycles. The minimum atomic E-state index is -0.188. The predicted molar refractivity (Wildman–Crippen MR) is 78.2 cm³/mol. The number of rotatable bonds is 2. The fourth-order valence-electron chi connectivity index (χ4n) is 2.90. The number of halogens is 1. The number of likely N-dealkylation sites (tertiary alicyclic amines) is 1. The lowest BCUT2D eigenvalue weighted by Gasteiger charge is -2.48. The first-order chi connectivity index (χ1) is 8.01. The van der Waals surface area contributed by atoms with Crippen molar-refractivity contribution < 1.29 is 5.11 Å². The maximum Gasteiger partial charge on any atom is 0.0618 e. The SMILES string of the molecule is CN1CCC(O)C(C)(C)C1Cc1ccccc1.Cl. The zero-order valence-electron chi connectivity index (χ0n) is 11.5. The summed E-state index contributed by atoms with van der Waals surface area (Å²) in [6.07, 6.45) is 1.71. The zero-order valence-corrected chi connectivity index (χ0v) is 12.3. The molecule has 18 heavy (non-hydrogen) atoms. The van der Waals surface area contributed by atoms with E-state index in [-0.39, 0.29) is 23.9 Å². The molecule has 102 valence electrons. The molecule has 1 aromatic rings. The van der Waals surface area contributed by atoms with Gasteiger partial charge in [-0.25, -0.2) is 0 Å². The molecule has 0 spiro atoms. The van der Waals surface area contributed by atoms with E-state index in [1.165, 1.54) is 5.56 Å². The van der Waals surface area contributed by atoms with Gasteiger partial charge in [0, 0.05) is 18.0 Å². The molecule has 0 radical (unpaired) electrons. The summed E-state index contributed by atoms with van der Waals surface area (Å²) in [4.78, 5) is 2.39. The molecule has 0 aliphatic carbocycles. The van der Waals surface area contributed by atoms with E-state index >= 15 is 0 Å². The average molecular weight is 270 g/mol. The molecule has 0 amide bonds. The molecular formula is C15H24ClNO. The summed E-state index contributed by atoms with van der Waals surface area (Å²) < 4.78 is 0. The van der Waals surface area contributed by atoms with Crippen molar-refractivity contribution in [1.29, 1.82) is 0 Å². The van der Waals surface area contributed by atoms with Gasteiger partial charge in [0.1, 0.15) is 0 Å². The van der Waals surface area contributed by atoms with Gasteiger partial charge < -0.3 is 10.0 Å². The highest BCUT2D eigenvalue weighted by Gasteiger charge is 2.41. The summed E-state index contributed by atoms with van der Waals surface area (Å²) in [5.74, 6) is 0. The molecule has 0 aromatic heterocycles. The van der Waals surface area contributed by atoms with Crippen molar-refractivity contribution in [2.45, 2.75) is 38.8 Å². The lowest BCUT2D eigenvalue weighted by atomic mass is 9.72. The third kappa shape index (κ3) is 3.05. The summed E-state index contributed by atoms with van der Waals surface area (Å²) in [6.45, 7) is 5.35. The van der Waals surface area contributed by atoms with E-state index in [1.807, 2.05) is 6.07 Å². The highest BCUT2D eigenvalue weighted by molar-refractivity contribution is 5.85. The zero-order chi connectivity index (χ0) is 12.5. The molecule has 2 nitrogen and oxygen atoms in total. The first kappa shape index (κ1) is 15.5. The van der Waals surface area contributed by atoms with Crippen LogP contribution in [0.3, 0.4) is 0 Å². The Hall–Kier alpha value is -0.570. The minimum Gasteiger partial charge on any atom is -0.392 e. The van der Waals surface area contributed by atoms with Crippen molar-refractivity contribution in [3.05, 3.63) is 35.9 Å². The first-order valence-corrected chi connectivity index (χ1v) is 6.44. The number of aliphatic hydroxyl groups excluding tert-OH is 1. The van der Waals surface area contributed by atoms with Crippen molar-refractivity contribution >= 4 is 12.4 Å². The predicted octanol–water partition coefficient (Wildman–Crippen LogP) is 2.74. The van der Waals surface area contributed by atoms with Gasteiger partial charge in [0.2, 0.25) is 0 Å². The van der Waals surface area contributed by atoms with Gasteiger partial charge in [-0.3, -0.25) is 0 Å². The van der Waals surface area contributed by atoms with Gasteiger partial charge in [0.15, 0.2) is 0 Å². The van der Waals surface area contributed by atoms with E-state index in [0.29, 0.717) is 6.04 Å². The Morgan fingerprint density at radius 1 is 1.28 bits per heavy atom. The number of hydrogen-bond donors (Lipinski definition) is 1. The van der Waals surface area contributed by atoms with E-state index in [9.17, 15) is 5.11 Å². The summed E-state index contributed by atoms with van der Waals surface area (Å²) in [5.41, 5.74) is 1.31. The highest BCUT2D eigenvalue weighted by Crippen LogP contribution is 2.36. The molecule has 1 saturated heterocycles. The number of benzene rings is 1. The molecule has 1 heterocycles. The summed E-state index contributed by atoms with van der Waals surface area (Å²) in [7, 11) is 2.17. The fraction of sp³-hybridized carbons (Fsp3) is 0.600. The maximum atomic E-state index is 10.2. The van der Waals surface area contributed by atoms with Crippen LogP contribution in [0, 0.1) is 5.41 Å². The molecule has 1 N–H and O–H groups in total. The Labute approximate surface area is 116 Å². The Bertz CT molecular complexity index is 366. The maximum absolute atomic E-state index is 10.2. The van der Waals surface area contributed by atoms with Crippen molar-refractivity contribution in [3.8, 4) is 0 Å². The van der Waals surface area contributed by atoms with Gasteiger partial charge in [-0.1, -0.05) is 44.2 Å². The van der Waals surface area contributed by atoms with Crippen LogP contribution in [-0.2, 0) is 6.42 Å². The summed E-state index contributed by atoms with van der Waals surface area (Å²) >= 11 is 0. The normalized spacial score (nSPS) is 27.6. The number of aliphatic hydroxyl groups is 1. The van der Waals surface area contributed by atoms with Crippen LogP contribution in [0.1, 0.15) is 25.8 Å². The van der Waals surface area contributed by atoms with E-state index in [4.69, 9.17) is 0 Å². The van der Waals surface area contributed by atoms with Crippen LogP contribution in [0.2, 0.25) is 0 Å². The molecule has 1 aromatic carbocycles. The van der Waals surface area contributed by atoms with Gasteiger partial charge in [-0.05, 0) is 25.5 Å². The molecule has 2 unspecified atom stereocenters. The standard InChI is InChI=1S/C15H23NO.ClH/c1-15(2)13(16(3)10-9-14(15)17)11-12-7-5-4-6-8-12;/h4-8,13-14,17H,9-11H2,1-3H3;1H. The van der Waals surface area contributed by atoms with Gasteiger partial charge in [-0.2, -0.15) is 0 Å². The minimum absolute atomic E-state index is 0. The van der Waals surface area contributed by atoms with E-state index < -0.39 is 0 Å². The van der Waals surface area contributed by atoms with Crippen LogP contribution in [0.5, 0.6) is 0 Å². The van der Waals surface area contributed by atoms with Gasteiger partial charge in [-0.15, -0.1) is 12.4 Å². The smallest absolute Gasteiger partial charge is 0.0618 e. The number of likely N-dealkylation sites (N-methyl/N-ethyl adjacent to an activating group) is 1. The van der Waals surface area contributed by atoms with Gasteiger partial charge in [0.25, 0.3) is 0 Å². The Balaban J connectivity index is 0.00000162. The number of piperidine rings is 1. The molecule has 1 aliphatic rings. The fourth-order valence-corrected chi connectivity index (χ4v) is 2.90. The third-order valence-corrected chi connectivity index (χ3v) is 4.28. The Morgan fingerprint density at radius 2 is 1.89 bits per heavy atom. The topological polar surface area (TPSA) is 23.5 Å². The van der Waals surface area contributed by atoms with Gasteiger partial charge in [0.05, 0.1) is 6.10 Å². The lowest BCUT2D eigenvalue weighted by Crippen LogP contribution is -2.55. The van der Waals surface area contributed by atoms with Crippen LogP contribution < -0.4 is 0 Å². The highest BCUT2D eigenvalue weighted by atomic mass is 35.5. The second kappa shape index (κ2) is 6.05. The molecular weight excluding hydrogens is 246 g/mol. The van der Waals surface area contributed by atoms with Crippen LogP contribution in [0.4, 0.5) is 0 Å². The van der Waals surface area contributed by atoms with E-state index in [1.54, 1.807) is 0 Å². The molecule has 3 heteroatoms. The monoisotopic (exact) mass is 269 g/mol. The molecule has 2 rings (SSSR count). The van der Waals surface area contributed by atoms with Crippen LogP contribution in [0.15, 0.2) is 30.3 Å². The third-order valence-electron chi connectivity index (χ3n) is 4.28. The van der Waals surface area contributed by atoms with Crippen molar-refractivity contribution in [1.82, 2.24) is 4.90 Å². The summed E-state index contributed by atoms with van der Waals surface area (Å²) in [6, 6.07) is 11.0. The van der Waals surface area contributed by atoms with Crippen molar-refractivity contribution in [3.63, 3.8) is 0 Å². The Kier molecular flexibility index (Phi) is 5.20. The molecule has 1 aliphatic heterocycles. The first-order valence-electron chi connectivity index (χ1n) is 6.44. The molecule has 2 atom stereocenters. The molecule has 1 fully saturated rings. The van der Waals surface area contributed by atoms with Crippen LogP contribution in [0.25, 0.3) is 0 Å². The quantitative estimate of drug-likeness (QED) is 0.893. The largest absolute Gasteiger partial charge is 0.392 e. The number of hydrogen-bond acceptors (Lipinski definition) is 2. The second-order valence-corrected chi connectivity index (χ2v) is 5.81. The van der Waals surface area contributed by atoms with Gasteiger partial charge >= 0.3 is 0 Å². The lowest BCUT2D eigenvalue weighted by molar-refractivity contribution is -0.0593. The van der Waals surface area contributed by atoms with E-state index in [2.05, 4.69) is 50.1 Å². The van der Waals surface area contributed by atoms with Crippen LogP contribution >= 0.6 is 12.4 Å². The Morgan fingerprint density at radius 3 is 2.50 bits per heavy atom. The average Bonchev–Trinajstić information content (AvgIpc) is 2.32. The number of nitrogens with zero attached hydrogens (tertiary/aromatic N) is 1. The molecule has 0 bridgehead atoms.